The Morgan fingerprint density at radius 3 is 2.00 bits per heavy atom. The second-order valence-electron chi connectivity index (χ2n) is 7.84. The van der Waals surface area contributed by atoms with Gasteiger partial charge in [0.15, 0.2) is 0 Å². The van der Waals surface area contributed by atoms with Crippen LogP contribution in [0.25, 0.3) is 11.1 Å². The van der Waals surface area contributed by atoms with Gasteiger partial charge in [0.05, 0.1) is 4.90 Å². The number of nitrogens with one attached hydrogen (secondary N) is 3. The lowest BCUT2D eigenvalue weighted by Crippen LogP contribution is -2.55. The Morgan fingerprint density at radius 2 is 1.52 bits per heavy atom. The van der Waals surface area contributed by atoms with Gasteiger partial charge in [0, 0.05) is 5.02 Å². The third kappa shape index (κ3) is 7.26. The summed E-state index contributed by atoms with van der Waals surface area (Å²) in [6.45, 7) is 5.41. The maximum atomic E-state index is 13.0. The highest BCUT2D eigenvalue weighted by Crippen LogP contribution is 2.23. The molecule has 2 aromatic carbocycles. The molecule has 0 saturated carbocycles. The van der Waals surface area contributed by atoms with Crippen LogP contribution in [-0.2, 0) is 19.6 Å². The third-order valence-electron chi connectivity index (χ3n) is 5.44. The van der Waals surface area contributed by atoms with Crippen molar-refractivity contribution < 1.29 is 23.2 Å². The number of carbonyl (C=O) groups excluding carboxylic acids is 2. The average Bonchev–Trinajstić information content (AvgIpc) is 2.81. The van der Waals surface area contributed by atoms with E-state index in [2.05, 4.69) is 10.0 Å². The first-order chi connectivity index (χ1) is 15.6. The minimum atomic E-state index is -4.02. The molecule has 10 heteroatoms. The summed E-state index contributed by atoms with van der Waals surface area (Å²) < 4.78 is 28.5. The molecule has 0 bridgehead atoms. The fourth-order valence-electron chi connectivity index (χ4n) is 3.26. The lowest BCUT2D eigenvalue weighted by atomic mass is 9.99. The number of hydrogen-bond donors (Lipinski definition) is 4. The number of hydrogen-bond acceptors (Lipinski definition) is 5. The molecule has 3 atom stereocenters. The second-order valence-corrected chi connectivity index (χ2v) is 9.99. The second kappa shape index (κ2) is 12.1. The van der Waals surface area contributed by atoms with Gasteiger partial charge in [-0.25, -0.2) is 13.9 Å². The summed E-state index contributed by atoms with van der Waals surface area (Å²) in [5.41, 5.74) is 3.24. The van der Waals surface area contributed by atoms with Gasteiger partial charge in [-0.3, -0.25) is 14.8 Å². The number of hydroxylamine groups is 1. The van der Waals surface area contributed by atoms with Crippen molar-refractivity contribution in [3.05, 3.63) is 53.6 Å². The molecule has 0 aromatic heterocycles. The molecule has 180 valence electrons. The van der Waals surface area contributed by atoms with Gasteiger partial charge in [-0.2, -0.15) is 4.72 Å². The molecule has 2 amide bonds. The number of amides is 2. The van der Waals surface area contributed by atoms with Crippen molar-refractivity contribution in [2.75, 3.05) is 0 Å². The normalized spacial score (nSPS) is 14.2. The molecule has 33 heavy (non-hydrogen) atoms. The van der Waals surface area contributed by atoms with Crippen LogP contribution in [0.2, 0.25) is 5.02 Å². The minimum absolute atomic E-state index is 0.0135. The van der Waals surface area contributed by atoms with Crippen LogP contribution in [0.15, 0.2) is 53.4 Å². The molecule has 0 unspecified atom stereocenters. The molecule has 0 aliphatic rings. The Morgan fingerprint density at radius 1 is 0.970 bits per heavy atom. The Hall–Kier alpha value is -2.46. The molecule has 0 heterocycles. The molecule has 0 fully saturated rings. The summed E-state index contributed by atoms with van der Waals surface area (Å²) in [5, 5.41) is 12.1. The predicted octanol–water partition coefficient (Wildman–Crippen LogP) is 3.49. The monoisotopic (exact) mass is 495 g/mol. The standard InChI is InChI=1S/C23H30ClN3O5S/c1-4-6-20(22(28)26-30)25-23(29)21(15(3)5-2)27-33(31,32)19-13-9-17(10-14-19)16-7-11-18(24)12-8-16/h7-15,20-21,27,30H,4-6H2,1-3H3,(H,25,29)(H,26,28)/t15-,20-,21-/m0/s1. The SMILES string of the molecule is CCC[C@H](NC(=O)[C@@H](NS(=O)(=O)c1ccc(-c2ccc(Cl)cc2)cc1)[C@@H](C)CC)C(=O)NO. The predicted molar refractivity (Wildman–Crippen MR) is 127 cm³/mol. The first-order valence-electron chi connectivity index (χ1n) is 10.8. The van der Waals surface area contributed by atoms with E-state index in [1.54, 1.807) is 31.2 Å². The summed E-state index contributed by atoms with van der Waals surface area (Å²) >= 11 is 5.92. The molecule has 4 N–H and O–H groups in total. The molecule has 0 spiro atoms. The van der Waals surface area contributed by atoms with Crippen molar-refractivity contribution >= 4 is 33.4 Å². The Bertz CT molecular complexity index is 1040. The van der Waals surface area contributed by atoms with Gasteiger partial charge < -0.3 is 5.32 Å². The van der Waals surface area contributed by atoms with Crippen LogP contribution >= 0.6 is 11.6 Å². The number of carbonyl (C=O) groups is 2. The smallest absolute Gasteiger partial charge is 0.265 e. The number of sulfonamides is 1. The van der Waals surface area contributed by atoms with E-state index in [4.69, 9.17) is 16.8 Å². The van der Waals surface area contributed by atoms with Gasteiger partial charge in [-0.15, -0.1) is 0 Å². The van der Waals surface area contributed by atoms with Crippen molar-refractivity contribution in [2.45, 2.75) is 57.0 Å². The Kier molecular flexibility index (Phi) is 9.85. The van der Waals surface area contributed by atoms with E-state index in [0.29, 0.717) is 24.3 Å². The molecule has 8 nitrogen and oxygen atoms in total. The highest BCUT2D eigenvalue weighted by atomic mass is 35.5. The minimum Gasteiger partial charge on any atom is -0.343 e. The summed E-state index contributed by atoms with van der Waals surface area (Å²) in [5.74, 6) is -1.73. The fourth-order valence-corrected chi connectivity index (χ4v) is 4.69. The summed E-state index contributed by atoms with van der Waals surface area (Å²) in [7, 11) is -4.02. The average molecular weight is 496 g/mol. The van der Waals surface area contributed by atoms with E-state index in [-0.39, 0.29) is 10.8 Å². The molecular weight excluding hydrogens is 466 g/mol. The van der Waals surface area contributed by atoms with E-state index in [0.717, 1.165) is 11.1 Å². The number of rotatable bonds is 11. The maximum absolute atomic E-state index is 13.0. The van der Waals surface area contributed by atoms with Gasteiger partial charge in [-0.1, -0.05) is 69.5 Å². The van der Waals surface area contributed by atoms with Gasteiger partial charge in [0.25, 0.3) is 5.91 Å². The number of benzene rings is 2. The van der Waals surface area contributed by atoms with Crippen LogP contribution in [0.1, 0.15) is 40.0 Å². The largest absolute Gasteiger partial charge is 0.343 e. The molecular formula is C23H30ClN3O5S. The van der Waals surface area contributed by atoms with E-state index in [1.165, 1.54) is 17.6 Å². The maximum Gasteiger partial charge on any atom is 0.265 e. The Labute approximate surface area is 199 Å². The van der Waals surface area contributed by atoms with Crippen molar-refractivity contribution in [2.24, 2.45) is 5.92 Å². The van der Waals surface area contributed by atoms with Crippen LogP contribution < -0.4 is 15.5 Å². The molecule has 2 aromatic rings. The van der Waals surface area contributed by atoms with Gasteiger partial charge >= 0.3 is 0 Å². The first-order valence-corrected chi connectivity index (χ1v) is 12.6. The third-order valence-corrected chi connectivity index (χ3v) is 7.15. The molecule has 2 rings (SSSR count). The van der Waals surface area contributed by atoms with Crippen LogP contribution in [0, 0.1) is 5.92 Å². The zero-order valence-corrected chi connectivity index (χ0v) is 20.4. The first kappa shape index (κ1) is 26.8. The van der Waals surface area contributed by atoms with Crippen LogP contribution in [0.4, 0.5) is 0 Å². The van der Waals surface area contributed by atoms with E-state index >= 15 is 0 Å². The summed E-state index contributed by atoms with van der Waals surface area (Å²) in [6, 6.07) is 11.4. The summed E-state index contributed by atoms with van der Waals surface area (Å²) in [4.78, 5) is 24.8. The highest BCUT2D eigenvalue weighted by Gasteiger charge is 2.32. The Balaban J connectivity index is 2.23. The highest BCUT2D eigenvalue weighted by molar-refractivity contribution is 7.89. The topological polar surface area (TPSA) is 125 Å². The molecule has 0 saturated heterocycles. The lowest BCUT2D eigenvalue weighted by molar-refractivity contribution is -0.135. The quantitative estimate of drug-likeness (QED) is 0.280. The fraction of sp³-hybridized carbons (Fsp3) is 0.391. The van der Waals surface area contributed by atoms with Gasteiger partial charge in [-0.05, 0) is 47.7 Å². The van der Waals surface area contributed by atoms with E-state index in [9.17, 15) is 18.0 Å². The van der Waals surface area contributed by atoms with Crippen LogP contribution in [-0.4, -0.2) is 37.5 Å². The lowest BCUT2D eigenvalue weighted by Gasteiger charge is -2.26. The summed E-state index contributed by atoms with van der Waals surface area (Å²) in [6.07, 6.45) is 1.41. The zero-order chi connectivity index (χ0) is 24.6. The van der Waals surface area contributed by atoms with E-state index in [1.807, 2.05) is 26.0 Å². The molecule has 0 radical (unpaired) electrons. The van der Waals surface area contributed by atoms with Crippen molar-refractivity contribution in [3.63, 3.8) is 0 Å². The van der Waals surface area contributed by atoms with Gasteiger partial charge in [0.1, 0.15) is 12.1 Å². The molecule has 0 aliphatic heterocycles. The zero-order valence-electron chi connectivity index (χ0n) is 18.8. The van der Waals surface area contributed by atoms with E-state index < -0.39 is 33.9 Å². The van der Waals surface area contributed by atoms with Crippen molar-refractivity contribution in [1.29, 1.82) is 0 Å². The van der Waals surface area contributed by atoms with Crippen LogP contribution in [0.5, 0.6) is 0 Å². The van der Waals surface area contributed by atoms with Crippen LogP contribution in [0.3, 0.4) is 0 Å². The van der Waals surface area contributed by atoms with Crippen molar-refractivity contribution in [1.82, 2.24) is 15.5 Å². The number of halogens is 1. The van der Waals surface area contributed by atoms with Gasteiger partial charge in [0.2, 0.25) is 15.9 Å². The molecule has 0 aliphatic carbocycles. The van der Waals surface area contributed by atoms with Crippen molar-refractivity contribution in [3.8, 4) is 11.1 Å².